The number of aryl methyl sites for hydroxylation is 1. The first-order valence-electron chi connectivity index (χ1n) is 8.46. The van der Waals surface area contributed by atoms with Crippen LogP contribution in [0.2, 0.25) is 0 Å². The van der Waals surface area contributed by atoms with Crippen molar-refractivity contribution in [1.82, 2.24) is 19.7 Å². The molecule has 0 saturated heterocycles. The van der Waals surface area contributed by atoms with Crippen molar-refractivity contribution in [2.24, 2.45) is 12.8 Å². The molecule has 0 spiro atoms. The van der Waals surface area contributed by atoms with E-state index in [1.165, 1.54) is 12.1 Å². The quantitative estimate of drug-likeness (QED) is 0.583. The van der Waals surface area contributed by atoms with Gasteiger partial charge >= 0.3 is 6.61 Å². The molecule has 0 atom stereocenters. The minimum absolute atomic E-state index is 0.0589. The molecule has 8 nitrogen and oxygen atoms in total. The van der Waals surface area contributed by atoms with Crippen LogP contribution in [0.25, 0.3) is 11.0 Å². The van der Waals surface area contributed by atoms with E-state index in [4.69, 9.17) is 5.73 Å². The number of fused-ring (bicyclic) bond motifs is 1. The molecule has 0 radical (unpaired) electrons. The fourth-order valence-corrected chi connectivity index (χ4v) is 2.68. The van der Waals surface area contributed by atoms with E-state index in [0.29, 0.717) is 35.0 Å². The molecule has 0 unspecified atom stereocenters. The van der Waals surface area contributed by atoms with E-state index in [9.17, 15) is 8.78 Å². The van der Waals surface area contributed by atoms with Gasteiger partial charge in [-0.1, -0.05) is 6.07 Å². The predicted octanol–water partition coefficient (Wildman–Crippen LogP) is 2.61. The molecule has 1 aliphatic rings. The molecular weight excluding hydrogens is 356 g/mol. The number of ether oxygens (including phenoxy) is 1. The summed E-state index contributed by atoms with van der Waals surface area (Å²) in [5.74, 6) is 0.987. The Balaban J connectivity index is 1.63. The number of hydrogen-bond donors (Lipinski definition) is 3. The van der Waals surface area contributed by atoms with E-state index in [0.717, 1.165) is 12.8 Å². The van der Waals surface area contributed by atoms with Crippen molar-refractivity contribution >= 4 is 28.5 Å². The predicted molar refractivity (Wildman–Crippen MR) is 97.3 cm³/mol. The number of alkyl halides is 2. The van der Waals surface area contributed by atoms with Crippen LogP contribution in [-0.2, 0) is 7.05 Å². The molecule has 4 rings (SSSR count). The molecule has 2 heterocycles. The maximum atomic E-state index is 12.4. The van der Waals surface area contributed by atoms with Crippen LogP contribution in [0.5, 0.6) is 5.75 Å². The topological polar surface area (TPSA) is 103 Å². The Kier molecular flexibility index (Phi) is 4.27. The van der Waals surface area contributed by atoms with Crippen LogP contribution < -0.4 is 21.1 Å². The summed E-state index contributed by atoms with van der Waals surface area (Å²) in [5, 5.41) is 11.2. The van der Waals surface area contributed by atoms with E-state index < -0.39 is 6.61 Å². The van der Waals surface area contributed by atoms with Gasteiger partial charge in [-0.15, -0.1) is 0 Å². The molecule has 0 bridgehead atoms. The molecule has 27 heavy (non-hydrogen) atoms. The largest absolute Gasteiger partial charge is 0.435 e. The highest BCUT2D eigenvalue weighted by atomic mass is 19.3. The van der Waals surface area contributed by atoms with E-state index >= 15 is 0 Å². The van der Waals surface area contributed by atoms with Crippen LogP contribution in [0.3, 0.4) is 0 Å². The summed E-state index contributed by atoms with van der Waals surface area (Å²) in [6.07, 6.45) is 3.58. The zero-order chi connectivity index (χ0) is 19.0. The van der Waals surface area contributed by atoms with Gasteiger partial charge in [0.2, 0.25) is 5.95 Å². The lowest BCUT2D eigenvalue weighted by atomic mass is 10.3. The van der Waals surface area contributed by atoms with Crippen LogP contribution in [0.1, 0.15) is 12.8 Å². The van der Waals surface area contributed by atoms with Crippen molar-refractivity contribution in [3.63, 3.8) is 0 Å². The van der Waals surface area contributed by atoms with Crippen LogP contribution in [-0.4, -0.2) is 38.4 Å². The molecule has 3 aromatic rings. The summed E-state index contributed by atoms with van der Waals surface area (Å²) >= 11 is 0. The van der Waals surface area contributed by atoms with E-state index in [1.54, 1.807) is 30.1 Å². The Morgan fingerprint density at radius 2 is 2.15 bits per heavy atom. The SMILES string of the molecule is Cn1ncc2c(Nc3cccc(OC(F)F)c3)nc(NCC3(N)CC3)nc21. The smallest absolute Gasteiger partial charge is 0.387 e. The van der Waals surface area contributed by atoms with Gasteiger partial charge in [0.25, 0.3) is 0 Å². The van der Waals surface area contributed by atoms with Crippen molar-refractivity contribution in [2.45, 2.75) is 25.0 Å². The second-order valence-electron chi connectivity index (χ2n) is 6.65. The number of benzene rings is 1. The molecule has 0 aliphatic heterocycles. The molecule has 0 amide bonds. The Hall–Kier alpha value is -3.01. The van der Waals surface area contributed by atoms with Crippen molar-refractivity contribution in [2.75, 3.05) is 17.2 Å². The van der Waals surface area contributed by atoms with E-state index in [2.05, 4.69) is 30.4 Å². The third-order valence-corrected chi connectivity index (χ3v) is 4.40. The number of rotatable bonds is 7. The van der Waals surface area contributed by atoms with Crippen LogP contribution in [0.15, 0.2) is 30.5 Å². The van der Waals surface area contributed by atoms with E-state index in [-0.39, 0.29) is 11.3 Å². The molecule has 1 fully saturated rings. The maximum Gasteiger partial charge on any atom is 0.387 e. The van der Waals surface area contributed by atoms with Crippen molar-refractivity contribution in [1.29, 1.82) is 0 Å². The summed E-state index contributed by atoms with van der Waals surface area (Å²) in [7, 11) is 1.78. The fraction of sp³-hybridized carbons (Fsp3) is 0.353. The standard InChI is InChI=1S/C17H19F2N7O/c1-26-14-12(8-22-26)13(24-16(25-14)21-9-17(20)5-6-17)23-10-3-2-4-11(7-10)27-15(18)19/h2-4,7-8,15H,5-6,9,20H2,1H3,(H2,21,23,24,25). The second kappa shape index (κ2) is 6.62. The second-order valence-corrected chi connectivity index (χ2v) is 6.65. The monoisotopic (exact) mass is 375 g/mol. The number of aromatic nitrogens is 4. The van der Waals surface area contributed by atoms with Crippen molar-refractivity contribution in [3.8, 4) is 5.75 Å². The molecule has 4 N–H and O–H groups in total. The molecular formula is C17H19F2N7O. The first-order chi connectivity index (χ1) is 12.9. The summed E-state index contributed by atoms with van der Waals surface area (Å²) in [6, 6.07) is 6.28. The minimum Gasteiger partial charge on any atom is -0.435 e. The lowest BCUT2D eigenvalue weighted by Gasteiger charge is -2.13. The average molecular weight is 375 g/mol. The Morgan fingerprint density at radius 3 is 2.89 bits per heavy atom. The third-order valence-electron chi connectivity index (χ3n) is 4.40. The van der Waals surface area contributed by atoms with Gasteiger partial charge in [0, 0.05) is 30.9 Å². The molecule has 142 valence electrons. The highest BCUT2D eigenvalue weighted by molar-refractivity contribution is 5.89. The Morgan fingerprint density at radius 1 is 1.33 bits per heavy atom. The number of hydrogen-bond acceptors (Lipinski definition) is 7. The van der Waals surface area contributed by atoms with Gasteiger partial charge in [0.05, 0.1) is 11.6 Å². The number of nitrogens with zero attached hydrogens (tertiary/aromatic N) is 4. The van der Waals surface area contributed by atoms with Crippen LogP contribution in [0, 0.1) is 0 Å². The number of nitrogens with one attached hydrogen (secondary N) is 2. The first-order valence-corrected chi connectivity index (χ1v) is 8.46. The molecule has 1 aromatic carbocycles. The Labute approximate surface area is 153 Å². The van der Waals surface area contributed by atoms with E-state index in [1.807, 2.05) is 0 Å². The number of halogens is 2. The van der Waals surface area contributed by atoms with Crippen LogP contribution >= 0.6 is 0 Å². The van der Waals surface area contributed by atoms with Crippen LogP contribution in [0.4, 0.5) is 26.2 Å². The third kappa shape index (κ3) is 3.90. The minimum atomic E-state index is -2.88. The zero-order valence-corrected chi connectivity index (χ0v) is 14.6. The molecule has 10 heteroatoms. The number of anilines is 3. The maximum absolute atomic E-state index is 12.4. The highest BCUT2D eigenvalue weighted by Crippen LogP contribution is 2.32. The summed E-state index contributed by atoms with van der Waals surface area (Å²) in [5.41, 5.74) is 7.11. The highest BCUT2D eigenvalue weighted by Gasteiger charge is 2.38. The van der Waals surface area contributed by atoms with Gasteiger partial charge in [0.15, 0.2) is 5.65 Å². The Bertz CT molecular complexity index is 971. The summed E-state index contributed by atoms with van der Waals surface area (Å²) in [4.78, 5) is 8.98. The lowest BCUT2D eigenvalue weighted by Crippen LogP contribution is -2.31. The van der Waals surface area contributed by atoms with Gasteiger partial charge in [-0.3, -0.25) is 4.68 Å². The molecule has 1 aliphatic carbocycles. The van der Waals surface area contributed by atoms with Gasteiger partial charge in [-0.05, 0) is 25.0 Å². The van der Waals surface area contributed by atoms with Gasteiger partial charge in [-0.2, -0.15) is 23.8 Å². The average Bonchev–Trinajstić information content (AvgIpc) is 3.24. The van der Waals surface area contributed by atoms with Gasteiger partial charge < -0.3 is 21.1 Å². The fourth-order valence-electron chi connectivity index (χ4n) is 2.68. The van der Waals surface area contributed by atoms with Crippen molar-refractivity contribution < 1.29 is 13.5 Å². The molecule has 2 aromatic heterocycles. The zero-order valence-electron chi connectivity index (χ0n) is 14.6. The normalized spacial score (nSPS) is 15.1. The lowest BCUT2D eigenvalue weighted by molar-refractivity contribution is -0.0498. The number of nitrogens with two attached hydrogens (primary N) is 1. The van der Waals surface area contributed by atoms with Gasteiger partial charge in [0.1, 0.15) is 11.6 Å². The summed E-state index contributed by atoms with van der Waals surface area (Å²) in [6.45, 7) is -2.31. The first kappa shape index (κ1) is 17.4. The molecule has 1 saturated carbocycles. The van der Waals surface area contributed by atoms with Gasteiger partial charge in [-0.25, -0.2) is 0 Å². The van der Waals surface area contributed by atoms with Crippen molar-refractivity contribution in [3.05, 3.63) is 30.5 Å². The summed E-state index contributed by atoms with van der Waals surface area (Å²) < 4.78 is 31.0.